The van der Waals surface area contributed by atoms with Gasteiger partial charge < -0.3 is 15.9 Å². The number of aliphatic carboxylic acids is 1. The third-order valence-corrected chi connectivity index (χ3v) is 2.01. The monoisotopic (exact) mass is 294 g/mol. The van der Waals surface area contributed by atoms with E-state index in [1.54, 1.807) is 0 Å². The first-order valence-corrected chi connectivity index (χ1v) is 4.43. The largest absolute Gasteiger partial charge is 0.506 e. The Kier molecular flexibility index (Phi) is 3.04. The Morgan fingerprint density at radius 2 is 2.31 bits per heavy atom. The second-order valence-electron chi connectivity index (χ2n) is 2.37. The molecule has 1 rings (SSSR count). The van der Waals surface area contributed by atoms with Crippen molar-refractivity contribution in [2.75, 3.05) is 0 Å². The third-order valence-electron chi connectivity index (χ3n) is 1.42. The summed E-state index contributed by atoms with van der Waals surface area (Å²) in [5.41, 5.74) is 5.24. The number of nitrogens with zero attached hydrogens (tertiary/aromatic N) is 1. The zero-order valence-electron chi connectivity index (χ0n) is 6.44. The summed E-state index contributed by atoms with van der Waals surface area (Å²) in [6.45, 7) is 0. The van der Waals surface area contributed by atoms with Gasteiger partial charge in [0.25, 0.3) is 0 Å². The molecule has 0 aliphatic heterocycles. The Morgan fingerprint density at radius 3 is 2.77 bits per heavy atom. The lowest BCUT2D eigenvalue weighted by Crippen LogP contribution is -2.21. The molecular formula is C7H7IN2O3. The van der Waals surface area contributed by atoms with Crippen LogP contribution in [0.4, 0.5) is 0 Å². The van der Waals surface area contributed by atoms with Gasteiger partial charge in [0.05, 0.1) is 0 Å². The van der Waals surface area contributed by atoms with Crippen LogP contribution in [-0.2, 0) is 4.79 Å². The van der Waals surface area contributed by atoms with Crippen molar-refractivity contribution < 1.29 is 15.0 Å². The second-order valence-corrected chi connectivity index (χ2v) is 3.62. The molecule has 5 nitrogen and oxygen atoms in total. The van der Waals surface area contributed by atoms with Gasteiger partial charge in [-0.15, -0.1) is 0 Å². The Morgan fingerprint density at radius 1 is 1.69 bits per heavy atom. The third kappa shape index (κ3) is 2.28. The van der Waals surface area contributed by atoms with Crippen LogP contribution < -0.4 is 5.73 Å². The molecule has 0 saturated heterocycles. The van der Waals surface area contributed by atoms with Gasteiger partial charge in [0, 0.05) is 9.77 Å². The van der Waals surface area contributed by atoms with Gasteiger partial charge in [-0.25, -0.2) is 0 Å². The highest BCUT2D eigenvalue weighted by Gasteiger charge is 2.19. The van der Waals surface area contributed by atoms with Crippen LogP contribution in [0.25, 0.3) is 0 Å². The molecule has 1 aromatic rings. The molecule has 4 N–H and O–H groups in total. The summed E-state index contributed by atoms with van der Waals surface area (Å²) in [6.07, 6.45) is 1.44. The minimum atomic E-state index is -1.28. The van der Waals surface area contributed by atoms with Crippen LogP contribution >= 0.6 is 22.6 Å². The summed E-state index contributed by atoms with van der Waals surface area (Å²) in [5.74, 6) is -1.41. The molecule has 0 radical (unpaired) electrons. The molecule has 1 atom stereocenters. The van der Waals surface area contributed by atoms with E-state index in [9.17, 15) is 9.90 Å². The van der Waals surface area contributed by atoms with Crippen molar-refractivity contribution in [3.8, 4) is 5.75 Å². The molecular weight excluding hydrogens is 287 g/mol. The average Bonchev–Trinajstić information content (AvgIpc) is 2.03. The standard InChI is InChI=1S/C7H7IN2O3/c8-3-1-4(11)6(10-2-3)5(9)7(12)13/h1-2,5,11H,9H2,(H,12,13). The molecule has 0 spiro atoms. The zero-order valence-corrected chi connectivity index (χ0v) is 8.59. The average molecular weight is 294 g/mol. The molecule has 6 heteroatoms. The highest BCUT2D eigenvalue weighted by atomic mass is 127. The molecule has 0 aliphatic rings. The van der Waals surface area contributed by atoms with Crippen molar-refractivity contribution in [3.63, 3.8) is 0 Å². The number of rotatable bonds is 2. The topological polar surface area (TPSA) is 96.4 Å². The van der Waals surface area contributed by atoms with Gasteiger partial charge in [-0.1, -0.05) is 0 Å². The Labute approximate surface area is 87.7 Å². The normalized spacial score (nSPS) is 12.5. The fourth-order valence-corrected chi connectivity index (χ4v) is 1.23. The molecule has 1 unspecified atom stereocenters. The van der Waals surface area contributed by atoms with Gasteiger partial charge >= 0.3 is 5.97 Å². The Balaban J connectivity index is 3.08. The second kappa shape index (κ2) is 3.88. The van der Waals surface area contributed by atoms with Crippen molar-refractivity contribution in [2.24, 2.45) is 5.73 Å². The van der Waals surface area contributed by atoms with Crippen molar-refractivity contribution in [1.82, 2.24) is 4.98 Å². The number of hydrogen-bond donors (Lipinski definition) is 3. The molecule has 0 saturated carbocycles. The van der Waals surface area contributed by atoms with Crippen molar-refractivity contribution in [3.05, 3.63) is 21.5 Å². The first-order chi connectivity index (χ1) is 6.02. The van der Waals surface area contributed by atoms with Gasteiger partial charge in [0.2, 0.25) is 0 Å². The molecule has 0 amide bonds. The quantitative estimate of drug-likeness (QED) is 0.689. The predicted octanol–water partition coefficient (Wildman–Crippen LogP) is 0.476. The fourth-order valence-electron chi connectivity index (χ4n) is 0.796. The van der Waals surface area contributed by atoms with Crippen LogP contribution in [0.15, 0.2) is 12.3 Å². The number of halogens is 1. The van der Waals surface area contributed by atoms with E-state index >= 15 is 0 Å². The summed E-state index contributed by atoms with van der Waals surface area (Å²) in [6, 6.07) is 0.128. The predicted molar refractivity (Wildman–Crippen MR) is 53.2 cm³/mol. The summed E-state index contributed by atoms with van der Waals surface area (Å²) in [7, 11) is 0. The maximum Gasteiger partial charge on any atom is 0.326 e. The molecule has 1 heterocycles. The Bertz CT molecular complexity index is 343. The first-order valence-electron chi connectivity index (χ1n) is 3.35. The summed E-state index contributed by atoms with van der Waals surface area (Å²) >= 11 is 1.95. The van der Waals surface area contributed by atoms with E-state index < -0.39 is 12.0 Å². The number of carboxylic acid groups (broad SMARTS) is 1. The maximum atomic E-state index is 10.5. The number of hydrogen-bond acceptors (Lipinski definition) is 4. The lowest BCUT2D eigenvalue weighted by molar-refractivity contribution is -0.138. The minimum Gasteiger partial charge on any atom is -0.506 e. The number of aromatic nitrogens is 1. The van der Waals surface area contributed by atoms with Crippen LogP contribution in [0.3, 0.4) is 0 Å². The van der Waals surface area contributed by atoms with Crippen molar-refractivity contribution in [2.45, 2.75) is 6.04 Å². The van der Waals surface area contributed by atoms with E-state index in [0.717, 1.165) is 3.57 Å². The number of carbonyl (C=O) groups is 1. The van der Waals surface area contributed by atoms with E-state index in [-0.39, 0.29) is 11.4 Å². The van der Waals surface area contributed by atoms with Gasteiger partial charge in [-0.2, -0.15) is 0 Å². The van der Waals surface area contributed by atoms with Gasteiger partial charge in [-0.05, 0) is 28.7 Å². The Hall–Kier alpha value is -0.890. The number of pyridine rings is 1. The summed E-state index contributed by atoms with van der Waals surface area (Å²) in [5, 5.41) is 17.9. The molecule has 0 fully saturated rings. The number of carboxylic acids is 1. The lowest BCUT2D eigenvalue weighted by atomic mass is 10.2. The number of aromatic hydroxyl groups is 1. The van der Waals surface area contributed by atoms with Gasteiger partial charge in [0.15, 0.2) is 0 Å². The van der Waals surface area contributed by atoms with Crippen LogP contribution in [-0.4, -0.2) is 21.2 Å². The van der Waals surface area contributed by atoms with E-state index in [4.69, 9.17) is 10.8 Å². The van der Waals surface area contributed by atoms with Crippen molar-refractivity contribution in [1.29, 1.82) is 0 Å². The molecule has 0 aromatic carbocycles. The molecule has 70 valence electrons. The first kappa shape index (κ1) is 10.2. The zero-order chi connectivity index (χ0) is 10.0. The SMILES string of the molecule is NC(C(=O)O)c1ncc(I)cc1O. The summed E-state index contributed by atoms with van der Waals surface area (Å²) < 4.78 is 0.719. The van der Waals surface area contributed by atoms with E-state index in [2.05, 4.69) is 4.98 Å². The molecule has 0 aliphatic carbocycles. The molecule has 13 heavy (non-hydrogen) atoms. The van der Waals surface area contributed by atoms with Gasteiger partial charge in [0.1, 0.15) is 17.5 Å². The highest BCUT2D eigenvalue weighted by Crippen LogP contribution is 2.21. The number of nitrogens with two attached hydrogens (primary N) is 1. The van der Waals surface area contributed by atoms with E-state index in [1.807, 2.05) is 22.6 Å². The van der Waals surface area contributed by atoms with E-state index in [1.165, 1.54) is 12.3 Å². The fraction of sp³-hybridized carbons (Fsp3) is 0.143. The summed E-state index contributed by atoms with van der Waals surface area (Å²) in [4.78, 5) is 14.2. The molecule has 0 bridgehead atoms. The van der Waals surface area contributed by atoms with Crippen LogP contribution in [0.5, 0.6) is 5.75 Å². The van der Waals surface area contributed by atoms with E-state index in [0.29, 0.717) is 0 Å². The maximum absolute atomic E-state index is 10.5. The van der Waals surface area contributed by atoms with Crippen LogP contribution in [0.1, 0.15) is 11.7 Å². The minimum absolute atomic E-state index is 0.0204. The van der Waals surface area contributed by atoms with Crippen molar-refractivity contribution >= 4 is 28.6 Å². The highest BCUT2D eigenvalue weighted by molar-refractivity contribution is 14.1. The van der Waals surface area contributed by atoms with Gasteiger partial charge in [-0.3, -0.25) is 9.78 Å². The lowest BCUT2D eigenvalue weighted by Gasteiger charge is -2.07. The van der Waals surface area contributed by atoms with Crippen LogP contribution in [0, 0.1) is 3.57 Å². The van der Waals surface area contributed by atoms with Crippen LogP contribution in [0.2, 0.25) is 0 Å². The smallest absolute Gasteiger partial charge is 0.326 e. The molecule has 1 aromatic heterocycles.